The van der Waals surface area contributed by atoms with E-state index in [2.05, 4.69) is 66.5 Å². The molecule has 1 atom stereocenters. The minimum atomic E-state index is 0.00787. The van der Waals surface area contributed by atoms with E-state index >= 15 is 0 Å². The molecule has 3 heterocycles. The molecule has 0 aliphatic carbocycles. The maximum absolute atomic E-state index is 13.1. The predicted molar refractivity (Wildman–Crippen MR) is 146 cm³/mol. The first-order valence-electron chi connectivity index (χ1n) is 13.2. The summed E-state index contributed by atoms with van der Waals surface area (Å²) in [5, 5.41) is 3.41. The quantitative estimate of drug-likeness (QED) is 0.487. The zero-order valence-corrected chi connectivity index (χ0v) is 21.4. The molecule has 1 amide bonds. The van der Waals surface area contributed by atoms with Gasteiger partial charge in [-0.1, -0.05) is 38.6 Å². The van der Waals surface area contributed by atoms with Gasteiger partial charge in [0.25, 0.3) is 5.91 Å². The van der Waals surface area contributed by atoms with Crippen molar-refractivity contribution in [3.05, 3.63) is 72.6 Å². The summed E-state index contributed by atoms with van der Waals surface area (Å²) in [6.07, 6.45) is 8.42. The van der Waals surface area contributed by atoms with E-state index in [4.69, 9.17) is 0 Å². The van der Waals surface area contributed by atoms with E-state index in [1.165, 1.54) is 29.7 Å². The molecule has 1 N–H and O–H groups in total. The highest BCUT2D eigenvalue weighted by atomic mass is 16.2. The number of hydrogen-bond donors (Lipinski definition) is 1. The van der Waals surface area contributed by atoms with Gasteiger partial charge in [-0.25, -0.2) is 0 Å². The van der Waals surface area contributed by atoms with Crippen LogP contribution in [0.1, 0.15) is 74.0 Å². The van der Waals surface area contributed by atoms with Gasteiger partial charge in [0.15, 0.2) is 0 Å². The minimum absolute atomic E-state index is 0.00787. The van der Waals surface area contributed by atoms with Crippen LogP contribution in [0.15, 0.2) is 55.8 Å². The van der Waals surface area contributed by atoms with E-state index in [-0.39, 0.29) is 5.91 Å². The van der Waals surface area contributed by atoms with Crippen LogP contribution in [-0.4, -0.2) is 48.0 Å². The molecule has 1 unspecified atom stereocenters. The third-order valence-electron chi connectivity index (χ3n) is 7.46. The van der Waals surface area contributed by atoms with Crippen LogP contribution in [0, 0.1) is 5.92 Å². The van der Waals surface area contributed by atoms with Crippen LogP contribution >= 0.6 is 0 Å². The number of likely N-dealkylation sites (tertiary alicyclic amines) is 1. The van der Waals surface area contributed by atoms with Crippen molar-refractivity contribution in [1.29, 1.82) is 0 Å². The van der Waals surface area contributed by atoms with Crippen molar-refractivity contribution in [3.63, 3.8) is 0 Å². The molecule has 0 spiro atoms. The molecule has 5 heteroatoms. The maximum Gasteiger partial charge on any atom is 0.272 e. The number of anilines is 1. The van der Waals surface area contributed by atoms with E-state index in [1.54, 1.807) is 6.20 Å². The number of piperidine rings is 1. The van der Waals surface area contributed by atoms with E-state index in [0.29, 0.717) is 17.7 Å². The zero-order chi connectivity index (χ0) is 24.8. The maximum atomic E-state index is 13.1. The summed E-state index contributed by atoms with van der Waals surface area (Å²) in [5.41, 5.74) is 6.00. The number of hydrogen-bond acceptors (Lipinski definition) is 4. The number of rotatable bonds is 9. The van der Waals surface area contributed by atoms with Crippen molar-refractivity contribution >= 4 is 22.9 Å². The van der Waals surface area contributed by atoms with Crippen molar-refractivity contribution in [2.24, 2.45) is 5.92 Å². The molecule has 1 aromatic heterocycles. The number of allylic oxidation sites excluding steroid dienone is 1. The zero-order valence-electron chi connectivity index (χ0n) is 21.4. The molecule has 2 fully saturated rings. The SMILES string of the molecule is C=C(NC(C)CCC)c1ccc(C(=O)N2CCC(C(=C)c3ccc(N4CCCC4)cc3)CC2)nc1. The average molecular weight is 473 g/mol. The highest BCUT2D eigenvalue weighted by molar-refractivity contribution is 5.92. The lowest BCUT2D eigenvalue weighted by atomic mass is 9.86. The smallest absolute Gasteiger partial charge is 0.272 e. The van der Waals surface area contributed by atoms with Crippen molar-refractivity contribution in [2.75, 3.05) is 31.1 Å². The number of amides is 1. The lowest BCUT2D eigenvalue weighted by Gasteiger charge is -2.33. The normalized spacial score (nSPS) is 17.3. The highest BCUT2D eigenvalue weighted by Crippen LogP contribution is 2.32. The van der Waals surface area contributed by atoms with Crippen LogP contribution < -0.4 is 10.2 Å². The standard InChI is InChI=1S/C30H40N4O/c1-5-8-22(2)32-24(4)27-11-14-29(31-21-27)30(35)34-19-15-26(16-20-34)23(3)25-9-12-28(13-10-25)33-17-6-7-18-33/h9-14,21-22,26,32H,3-8,15-20H2,1-2H3. The van der Waals surface area contributed by atoms with Crippen LogP contribution in [-0.2, 0) is 0 Å². The Hall–Kier alpha value is -3.08. The summed E-state index contributed by atoms with van der Waals surface area (Å²) in [4.78, 5) is 21.9. The van der Waals surface area contributed by atoms with Gasteiger partial charge < -0.3 is 15.1 Å². The van der Waals surface area contributed by atoms with Gasteiger partial charge in [0.2, 0.25) is 0 Å². The Balaban J connectivity index is 1.29. The van der Waals surface area contributed by atoms with Gasteiger partial charge >= 0.3 is 0 Å². The Morgan fingerprint density at radius 3 is 2.29 bits per heavy atom. The molecule has 4 rings (SSSR count). The van der Waals surface area contributed by atoms with E-state index in [1.807, 2.05) is 17.0 Å². The molecule has 2 saturated heterocycles. The summed E-state index contributed by atoms with van der Waals surface area (Å²) in [7, 11) is 0. The van der Waals surface area contributed by atoms with Crippen LogP contribution in [0.4, 0.5) is 5.69 Å². The Bertz CT molecular complexity index is 1010. The second-order valence-electron chi connectivity index (χ2n) is 10.1. The summed E-state index contributed by atoms with van der Waals surface area (Å²) in [6, 6.07) is 13.0. The second kappa shape index (κ2) is 11.6. The molecule has 186 valence electrons. The number of carbonyl (C=O) groups excluding carboxylic acids is 1. The molecule has 2 aromatic rings. The van der Waals surface area contributed by atoms with Gasteiger partial charge in [0.05, 0.1) is 0 Å². The van der Waals surface area contributed by atoms with Crippen molar-refractivity contribution in [2.45, 2.75) is 58.4 Å². The molecule has 2 aliphatic rings. The van der Waals surface area contributed by atoms with Gasteiger partial charge in [-0.2, -0.15) is 0 Å². The number of aromatic nitrogens is 1. The number of nitrogens with one attached hydrogen (secondary N) is 1. The number of benzene rings is 1. The Labute approximate surface area is 210 Å². The first kappa shape index (κ1) is 25.0. The molecule has 35 heavy (non-hydrogen) atoms. The Morgan fingerprint density at radius 2 is 1.69 bits per heavy atom. The highest BCUT2D eigenvalue weighted by Gasteiger charge is 2.26. The predicted octanol–water partition coefficient (Wildman–Crippen LogP) is 6.00. The fourth-order valence-corrected chi connectivity index (χ4v) is 5.28. The summed E-state index contributed by atoms with van der Waals surface area (Å²) < 4.78 is 0. The summed E-state index contributed by atoms with van der Waals surface area (Å²) >= 11 is 0. The third kappa shape index (κ3) is 6.14. The van der Waals surface area contributed by atoms with Crippen LogP contribution in [0.5, 0.6) is 0 Å². The molecule has 2 aliphatic heterocycles. The summed E-state index contributed by atoms with van der Waals surface area (Å²) in [5.74, 6) is 0.417. The second-order valence-corrected chi connectivity index (χ2v) is 10.1. The van der Waals surface area contributed by atoms with Crippen molar-refractivity contribution in [1.82, 2.24) is 15.2 Å². The van der Waals surface area contributed by atoms with Gasteiger partial charge in [-0.05, 0) is 80.3 Å². The van der Waals surface area contributed by atoms with Gasteiger partial charge in [-0.3, -0.25) is 9.78 Å². The van der Waals surface area contributed by atoms with Crippen LogP contribution in [0.3, 0.4) is 0 Å². The Kier molecular flexibility index (Phi) is 8.27. The minimum Gasteiger partial charge on any atom is -0.383 e. The largest absolute Gasteiger partial charge is 0.383 e. The molecule has 0 radical (unpaired) electrons. The first-order chi connectivity index (χ1) is 17.0. The molecule has 1 aromatic carbocycles. The molecule has 0 bridgehead atoms. The molecule has 0 saturated carbocycles. The van der Waals surface area contributed by atoms with Crippen molar-refractivity contribution in [3.8, 4) is 0 Å². The first-order valence-corrected chi connectivity index (χ1v) is 13.2. The average Bonchev–Trinajstić information content (AvgIpc) is 3.43. The van der Waals surface area contributed by atoms with Gasteiger partial charge in [0.1, 0.15) is 5.69 Å². The molecule has 5 nitrogen and oxygen atoms in total. The molecular weight excluding hydrogens is 432 g/mol. The number of carbonyl (C=O) groups is 1. The van der Waals surface area contributed by atoms with Gasteiger partial charge in [0, 0.05) is 55.4 Å². The van der Waals surface area contributed by atoms with E-state index < -0.39 is 0 Å². The molecular formula is C30H40N4O. The number of nitrogens with zero attached hydrogens (tertiary/aromatic N) is 3. The lowest BCUT2D eigenvalue weighted by Crippen LogP contribution is -2.39. The topological polar surface area (TPSA) is 48.5 Å². The lowest BCUT2D eigenvalue weighted by molar-refractivity contribution is 0.0702. The summed E-state index contributed by atoms with van der Waals surface area (Å²) in [6.45, 7) is 16.7. The van der Waals surface area contributed by atoms with Crippen LogP contribution in [0.25, 0.3) is 11.3 Å². The monoisotopic (exact) mass is 472 g/mol. The van der Waals surface area contributed by atoms with E-state index in [9.17, 15) is 4.79 Å². The fourth-order valence-electron chi connectivity index (χ4n) is 5.28. The van der Waals surface area contributed by atoms with Crippen LogP contribution in [0.2, 0.25) is 0 Å². The Morgan fingerprint density at radius 1 is 1.03 bits per heavy atom. The third-order valence-corrected chi connectivity index (χ3v) is 7.46. The van der Waals surface area contributed by atoms with Gasteiger partial charge in [-0.15, -0.1) is 0 Å². The number of pyridine rings is 1. The fraction of sp³-hybridized carbons (Fsp3) is 0.467. The van der Waals surface area contributed by atoms with E-state index in [0.717, 1.165) is 63.1 Å². The van der Waals surface area contributed by atoms with Crippen molar-refractivity contribution < 1.29 is 4.79 Å².